The van der Waals surface area contributed by atoms with E-state index in [1.165, 1.54) is 7.11 Å². The number of H-pyrrole nitrogens is 2. The lowest BCUT2D eigenvalue weighted by molar-refractivity contribution is -0.142. The van der Waals surface area contributed by atoms with Gasteiger partial charge in [0.15, 0.2) is 0 Å². The van der Waals surface area contributed by atoms with Gasteiger partial charge in [-0.05, 0) is 40.5 Å². The first-order valence-corrected chi connectivity index (χ1v) is 15.5. The molecule has 2 heterocycles. The number of amides is 1. The highest BCUT2D eigenvalue weighted by Gasteiger charge is 2.26. The van der Waals surface area contributed by atoms with E-state index in [1.807, 2.05) is 79.0 Å². The summed E-state index contributed by atoms with van der Waals surface area (Å²) in [6, 6.07) is 27.8. The Bertz CT molecular complexity index is 2120. The molecule has 0 unspecified atom stereocenters. The Morgan fingerprint density at radius 2 is 1.19 bits per heavy atom. The fourth-order valence-electron chi connectivity index (χ4n) is 5.88. The second-order valence-corrected chi connectivity index (χ2v) is 11.5. The predicted molar refractivity (Wildman–Crippen MR) is 185 cm³/mol. The normalized spacial score (nSPS) is 12.4. The molecule has 9 nitrogen and oxygen atoms in total. The van der Waals surface area contributed by atoms with E-state index in [2.05, 4.69) is 20.6 Å². The van der Waals surface area contributed by atoms with Crippen molar-refractivity contribution in [3.8, 4) is 11.1 Å². The van der Waals surface area contributed by atoms with Gasteiger partial charge in [-0.2, -0.15) is 0 Å². The molecule has 10 heteroatoms. The lowest BCUT2D eigenvalue weighted by Crippen LogP contribution is -2.43. The molecule has 6 aromatic rings. The van der Waals surface area contributed by atoms with Crippen molar-refractivity contribution in [1.82, 2.24) is 20.6 Å². The van der Waals surface area contributed by atoms with Crippen LogP contribution in [0.25, 0.3) is 32.9 Å². The van der Waals surface area contributed by atoms with Crippen LogP contribution in [0.2, 0.25) is 0 Å². The Morgan fingerprint density at radius 3 is 1.77 bits per heavy atom. The average molecular weight is 645 g/mol. The fourth-order valence-corrected chi connectivity index (χ4v) is 6.20. The number of aliphatic carboxylic acids is 1. The number of aromatic amines is 2. The molecular formula is C37H32N4O5S. The van der Waals surface area contributed by atoms with Crippen molar-refractivity contribution in [3.63, 3.8) is 0 Å². The number of fused-ring (bicyclic) bond motifs is 2. The minimum Gasteiger partial charge on any atom is -0.480 e. The monoisotopic (exact) mass is 644 g/mol. The fraction of sp³-hybridized carbons (Fsp3) is 0.135. The number of carboxylic acid groups (broad SMARTS) is 1. The summed E-state index contributed by atoms with van der Waals surface area (Å²) in [7, 11) is 1.33. The van der Waals surface area contributed by atoms with Crippen LogP contribution >= 0.6 is 12.2 Å². The summed E-state index contributed by atoms with van der Waals surface area (Å²) in [6.45, 7) is 0. The molecule has 0 spiro atoms. The van der Waals surface area contributed by atoms with Gasteiger partial charge in [0.05, 0.1) is 7.11 Å². The van der Waals surface area contributed by atoms with Gasteiger partial charge in [-0.15, -0.1) is 0 Å². The maximum absolute atomic E-state index is 13.7. The topological polar surface area (TPSA) is 136 Å². The average Bonchev–Trinajstić information content (AvgIpc) is 3.71. The number of hydrogen-bond donors (Lipinski definition) is 5. The first kappa shape index (κ1) is 31.3. The van der Waals surface area contributed by atoms with Gasteiger partial charge in [-0.25, -0.2) is 9.59 Å². The number of para-hydroxylation sites is 2. The molecule has 2 aromatic heterocycles. The van der Waals surface area contributed by atoms with Crippen molar-refractivity contribution in [1.29, 1.82) is 0 Å². The van der Waals surface area contributed by atoms with Crippen molar-refractivity contribution in [2.75, 3.05) is 7.11 Å². The summed E-state index contributed by atoms with van der Waals surface area (Å²) in [5.41, 5.74) is 5.67. The molecule has 0 saturated carbocycles. The van der Waals surface area contributed by atoms with Crippen molar-refractivity contribution in [3.05, 3.63) is 132 Å². The summed E-state index contributed by atoms with van der Waals surface area (Å²) in [5.74, 6) is -2.14. The largest absolute Gasteiger partial charge is 0.480 e. The van der Waals surface area contributed by atoms with E-state index in [9.17, 15) is 19.5 Å². The van der Waals surface area contributed by atoms with E-state index in [1.54, 1.807) is 30.5 Å². The van der Waals surface area contributed by atoms with Gasteiger partial charge < -0.3 is 30.4 Å². The predicted octanol–water partition coefficient (Wildman–Crippen LogP) is 5.79. The van der Waals surface area contributed by atoms with Gasteiger partial charge >= 0.3 is 11.9 Å². The van der Waals surface area contributed by atoms with Crippen LogP contribution in [0.3, 0.4) is 0 Å². The summed E-state index contributed by atoms with van der Waals surface area (Å²) >= 11 is 5.85. The highest BCUT2D eigenvalue weighted by molar-refractivity contribution is 7.80. The number of methoxy groups -OCH3 is 1. The molecule has 236 valence electrons. The molecule has 2 atom stereocenters. The van der Waals surface area contributed by atoms with Crippen LogP contribution in [0.15, 0.2) is 109 Å². The molecule has 0 saturated heterocycles. The van der Waals surface area contributed by atoms with Gasteiger partial charge in [-0.3, -0.25) is 4.79 Å². The van der Waals surface area contributed by atoms with E-state index >= 15 is 0 Å². The van der Waals surface area contributed by atoms with Crippen molar-refractivity contribution in [2.45, 2.75) is 24.9 Å². The van der Waals surface area contributed by atoms with Gasteiger partial charge in [0, 0.05) is 58.2 Å². The molecule has 47 heavy (non-hydrogen) atoms. The molecule has 4 aromatic carbocycles. The standard InChI is InChI=1S/C37H32N4O5S/c1-46-37(45)33(19-23-21-39-31-17-9-7-11-25(23)31)41-35(47)29-15-5-3-13-27(29)26-12-2-4-14-28(26)34(42)40-32(36(43)44)18-22-20-38-30-16-8-6-10-24(22)30/h2-17,20-21,32-33,38-39H,18-19H2,1H3,(H,40,42)(H,41,47)(H,43,44)/t32-,33-/m0/s1. The lowest BCUT2D eigenvalue weighted by atomic mass is 9.94. The molecule has 0 aliphatic heterocycles. The number of hydrogen-bond acceptors (Lipinski definition) is 5. The first-order chi connectivity index (χ1) is 22.8. The van der Waals surface area contributed by atoms with E-state index < -0.39 is 29.9 Å². The number of ether oxygens (including phenoxy) is 1. The van der Waals surface area contributed by atoms with Crippen molar-refractivity contribution in [2.24, 2.45) is 0 Å². The molecular weight excluding hydrogens is 612 g/mol. The second kappa shape index (κ2) is 13.7. The third kappa shape index (κ3) is 6.63. The number of aromatic nitrogens is 2. The Morgan fingerprint density at radius 1 is 0.702 bits per heavy atom. The molecule has 0 aliphatic rings. The highest BCUT2D eigenvalue weighted by atomic mass is 32.1. The molecule has 0 aliphatic carbocycles. The summed E-state index contributed by atoms with van der Waals surface area (Å²) < 4.78 is 5.12. The number of carbonyl (C=O) groups excluding carboxylic acids is 2. The molecule has 6 rings (SSSR count). The lowest BCUT2D eigenvalue weighted by Gasteiger charge is -2.21. The zero-order chi connectivity index (χ0) is 32.9. The van der Waals surface area contributed by atoms with E-state index in [-0.39, 0.29) is 12.0 Å². The third-order valence-electron chi connectivity index (χ3n) is 8.23. The maximum atomic E-state index is 13.7. The maximum Gasteiger partial charge on any atom is 0.328 e. The summed E-state index contributed by atoms with van der Waals surface area (Å²) in [4.78, 5) is 45.6. The molecule has 1 amide bonds. The van der Waals surface area contributed by atoms with Crippen LogP contribution in [0.5, 0.6) is 0 Å². The first-order valence-electron chi connectivity index (χ1n) is 15.0. The minimum atomic E-state index is -1.17. The highest BCUT2D eigenvalue weighted by Crippen LogP contribution is 2.29. The zero-order valence-corrected chi connectivity index (χ0v) is 26.3. The smallest absolute Gasteiger partial charge is 0.328 e. The second-order valence-electron chi connectivity index (χ2n) is 11.1. The number of rotatable bonds is 11. The van der Waals surface area contributed by atoms with Crippen LogP contribution in [-0.4, -0.2) is 57.1 Å². The Hall–Kier alpha value is -5.74. The number of nitrogens with one attached hydrogen (secondary N) is 4. The van der Waals surface area contributed by atoms with Crippen molar-refractivity contribution < 1.29 is 24.2 Å². The molecule has 5 N–H and O–H groups in total. The van der Waals surface area contributed by atoms with Gasteiger partial charge in [0.2, 0.25) is 0 Å². The van der Waals surface area contributed by atoms with Crippen LogP contribution in [-0.2, 0) is 27.2 Å². The summed E-state index contributed by atoms with van der Waals surface area (Å²) in [5, 5.41) is 17.9. The summed E-state index contributed by atoms with van der Waals surface area (Å²) in [6.07, 6.45) is 4.07. The van der Waals surface area contributed by atoms with Crippen LogP contribution in [0.1, 0.15) is 27.0 Å². The SMILES string of the molecule is COC(=O)[C@H](Cc1c[nH]c2ccccc12)NC(=S)c1ccccc1-c1ccccc1C(=O)N[C@@H](Cc1c[nH]c2ccccc12)C(=O)O. The van der Waals surface area contributed by atoms with E-state index in [0.29, 0.717) is 28.1 Å². The van der Waals surface area contributed by atoms with Crippen LogP contribution in [0.4, 0.5) is 0 Å². The van der Waals surface area contributed by atoms with Gasteiger partial charge in [0.25, 0.3) is 5.91 Å². The van der Waals surface area contributed by atoms with Gasteiger partial charge in [0.1, 0.15) is 17.1 Å². The molecule has 0 bridgehead atoms. The third-order valence-corrected chi connectivity index (χ3v) is 8.56. The number of carboxylic acids is 1. The minimum absolute atomic E-state index is 0.100. The van der Waals surface area contributed by atoms with Gasteiger partial charge in [-0.1, -0.05) is 91.1 Å². The van der Waals surface area contributed by atoms with Crippen LogP contribution < -0.4 is 10.6 Å². The number of carbonyl (C=O) groups is 3. The quantitative estimate of drug-likeness (QED) is 0.0890. The Balaban J connectivity index is 1.26. The molecule has 0 fully saturated rings. The Kier molecular flexibility index (Phi) is 9.12. The van der Waals surface area contributed by atoms with Crippen molar-refractivity contribution >= 4 is 56.9 Å². The zero-order valence-electron chi connectivity index (χ0n) is 25.4. The number of benzene rings is 4. The number of thiocarbonyl (C=S) groups is 1. The van der Waals surface area contributed by atoms with Crippen LogP contribution in [0, 0.1) is 0 Å². The van der Waals surface area contributed by atoms with E-state index in [4.69, 9.17) is 17.0 Å². The molecule has 0 radical (unpaired) electrons. The van der Waals surface area contributed by atoms with E-state index in [0.717, 1.165) is 32.9 Å². The number of esters is 1. The Labute approximate surface area is 276 Å².